The van der Waals surface area contributed by atoms with E-state index in [0.717, 1.165) is 16.2 Å². The number of rotatable bonds is 2. The second-order valence-electron chi connectivity index (χ2n) is 3.37. The molecule has 0 saturated carbocycles. The number of carboxylic acids is 1. The number of aromatic hydroxyl groups is 1. The van der Waals surface area contributed by atoms with E-state index in [1.165, 1.54) is 6.07 Å². The van der Waals surface area contributed by atoms with E-state index in [9.17, 15) is 9.90 Å². The Balaban J connectivity index is 2.58. The number of hydrogen-bond acceptors (Lipinski definition) is 3. The summed E-state index contributed by atoms with van der Waals surface area (Å²) in [5, 5.41) is 18.3. The van der Waals surface area contributed by atoms with Crippen LogP contribution < -0.4 is 0 Å². The fourth-order valence-corrected chi connectivity index (χ4v) is 1.92. The van der Waals surface area contributed by atoms with E-state index in [1.807, 2.05) is 24.3 Å². The van der Waals surface area contributed by atoms with Crippen molar-refractivity contribution in [1.29, 1.82) is 0 Å². The number of hydrogen-bond donors (Lipinski definition) is 2. The molecule has 4 nitrogen and oxygen atoms in total. The van der Waals surface area contributed by atoms with Crippen molar-refractivity contribution in [2.75, 3.05) is 0 Å². The summed E-state index contributed by atoms with van der Waals surface area (Å²) in [7, 11) is 0. The van der Waals surface area contributed by atoms with Gasteiger partial charge in [0.15, 0.2) is 0 Å². The molecule has 0 amide bonds. The van der Waals surface area contributed by atoms with E-state index in [1.54, 1.807) is 0 Å². The molecule has 0 radical (unpaired) electrons. The minimum atomic E-state index is -1.18. The number of aromatic carboxylic acids is 1. The third-order valence-corrected chi connectivity index (χ3v) is 2.95. The fourth-order valence-electron chi connectivity index (χ4n) is 1.44. The van der Waals surface area contributed by atoms with Crippen LogP contribution in [-0.4, -0.2) is 21.2 Å². The highest BCUT2D eigenvalue weighted by atomic mass is 79.9. The number of carbonyl (C=O) groups is 1. The van der Waals surface area contributed by atoms with Crippen molar-refractivity contribution in [3.63, 3.8) is 0 Å². The zero-order valence-electron chi connectivity index (χ0n) is 8.59. The Hall–Kier alpha value is -1.88. The van der Waals surface area contributed by atoms with Gasteiger partial charge in [-0.05, 0) is 12.1 Å². The highest BCUT2D eigenvalue weighted by molar-refractivity contribution is 9.10. The first-order valence-electron chi connectivity index (χ1n) is 4.77. The summed E-state index contributed by atoms with van der Waals surface area (Å²) in [5.41, 5.74) is 1.11. The van der Waals surface area contributed by atoms with Crippen LogP contribution in [-0.2, 0) is 0 Å². The van der Waals surface area contributed by atoms with Gasteiger partial charge in [0.1, 0.15) is 11.3 Å². The smallest absolute Gasteiger partial charge is 0.339 e. The molecule has 0 aliphatic carbocycles. The molecule has 0 atom stereocenters. The molecule has 2 aromatic rings. The molecule has 1 aromatic heterocycles. The average molecular weight is 294 g/mol. The minimum Gasteiger partial charge on any atom is -0.505 e. The van der Waals surface area contributed by atoms with E-state index in [4.69, 9.17) is 5.11 Å². The van der Waals surface area contributed by atoms with Gasteiger partial charge in [0.25, 0.3) is 0 Å². The standard InChI is InChI=1S/C12H8BrNO3/c13-9-4-2-1-3-7(9)10-5-8(12(16)17)11(15)6-14-10/h1-6,15H,(H,16,17). The molecular formula is C12H8BrNO3. The van der Waals surface area contributed by atoms with Gasteiger partial charge in [-0.2, -0.15) is 0 Å². The Morgan fingerprint density at radius 2 is 2.00 bits per heavy atom. The van der Waals surface area contributed by atoms with Gasteiger partial charge in [0.05, 0.1) is 11.9 Å². The molecule has 0 spiro atoms. The highest BCUT2D eigenvalue weighted by Gasteiger charge is 2.13. The molecular weight excluding hydrogens is 286 g/mol. The first-order valence-corrected chi connectivity index (χ1v) is 5.56. The summed E-state index contributed by atoms with van der Waals surface area (Å²) >= 11 is 3.36. The van der Waals surface area contributed by atoms with E-state index >= 15 is 0 Å². The molecule has 0 bridgehead atoms. The van der Waals surface area contributed by atoms with Gasteiger partial charge in [0, 0.05) is 10.0 Å². The van der Waals surface area contributed by atoms with Crippen LogP contribution in [0.1, 0.15) is 10.4 Å². The van der Waals surface area contributed by atoms with Crippen LogP contribution in [0.15, 0.2) is 41.0 Å². The Kier molecular flexibility index (Phi) is 3.10. The Bertz CT molecular complexity index is 584. The molecule has 0 aliphatic heterocycles. The molecule has 1 heterocycles. The van der Waals surface area contributed by atoms with E-state index in [0.29, 0.717) is 5.69 Å². The van der Waals surface area contributed by atoms with E-state index < -0.39 is 5.97 Å². The van der Waals surface area contributed by atoms with Gasteiger partial charge in [-0.1, -0.05) is 34.1 Å². The highest BCUT2D eigenvalue weighted by Crippen LogP contribution is 2.28. The number of halogens is 1. The molecule has 17 heavy (non-hydrogen) atoms. The third kappa shape index (κ3) is 2.29. The molecule has 1 aromatic carbocycles. The van der Waals surface area contributed by atoms with E-state index in [2.05, 4.69) is 20.9 Å². The zero-order chi connectivity index (χ0) is 12.4. The average Bonchev–Trinajstić information content (AvgIpc) is 2.30. The summed E-state index contributed by atoms with van der Waals surface area (Å²) in [5.74, 6) is -1.52. The van der Waals surface area contributed by atoms with Gasteiger partial charge >= 0.3 is 5.97 Å². The van der Waals surface area contributed by atoms with Crippen molar-refractivity contribution in [3.05, 3.63) is 46.6 Å². The molecule has 0 aliphatic rings. The predicted octanol–water partition coefficient (Wildman–Crippen LogP) is 2.91. The molecule has 86 valence electrons. The van der Waals surface area contributed by atoms with Gasteiger partial charge < -0.3 is 10.2 Å². The quantitative estimate of drug-likeness (QED) is 0.893. The molecule has 2 rings (SSSR count). The van der Waals surface area contributed by atoms with E-state index in [-0.39, 0.29) is 11.3 Å². The van der Waals surface area contributed by atoms with Crippen molar-refractivity contribution in [2.45, 2.75) is 0 Å². The second-order valence-corrected chi connectivity index (χ2v) is 4.23. The normalized spacial score (nSPS) is 10.2. The van der Waals surface area contributed by atoms with Crippen molar-refractivity contribution in [2.24, 2.45) is 0 Å². The van der Waals surface area contributed by atoms with Gasteiger partial charge in [-0.25, -0.2) is 4.79 Å². The van der Waals surface area contributed by atoms with Crippen LogP contribution in [0.4, 0.5) is 0 Å². The van der Waals surface area contributed by atoms with Crippen LogP contribution in [0, 0.1) is 0 Å². The molecule has 0 fully saturated rings. The lowest BCUT2D eigenvalue weighted by Gasteiger charge is -2.05. The minimum absolute atomic E-state index is 0.161. The summed E-state index contributed by atoms with van der Waals surface area (Å²) in [6.45, 7) is 0. The summed E-state index contributed by atoms with van der Waals surface area (Å²) in [6, 6.07) is 8.68. The Morgan fingerprint density at radius 1 is 1.29 bits per heavy atom. The number of carboxylic acid groups (broad SMARTS) is 1. The Morgan fingerprint density at radius 3 is 2.65 bits per heavy atom. The molecule has 0 saturated heterocycles. The maximum Gasteiger partial charge on any atom is 0.339 e. The van der Waals surface area contributed by atoms with Crippen LogP contribution in [0.2, 0.25) is 0 Å². The van der Waals surface area contributed by atoms with Crippen molar-refractivity contribution in [3.8, 4) is 17.0 Å². The lowest BCUT2D eigenvalue weighted by molar-refractivity contribution is 0.0693. The van der Waals surface area contributed by atoms with Crippen molar-refractivity contribution < 1.29 is 15.0 Å². The van der Waals surface area contributed by atoms with Crippen LogP contribution >= 0.6 is 15.9 Å². The monoisotopic (exact) mass is 293 g/mol. The molecule has 5 heteroatoms. The largest absolute Gasteiger partial charge is 0.505 e. The SMILES string of the molecule is O=C(O)c1cc(-c2ccccc2Br)ncc1O. The predicted molar refractivity (Wildman–Crippen MR) is 66.0 cm³/mol. The van der Waals surface area contributed by atoms with Crippen molar-refractivity contribution in [1.82, 2.24) is 4.98 Å². The van der Waals surface area contributed by atoms with Crippen molar-refractivity contribution >= 4 is 21.9 Å². The van der Waals surface area contributed by atoms with Crippen LogP contribution in [0.25, 0.3) is 11.3 Å². The second kappa shape index (κ2) is 4.55. The van der Waals surface area contributed by atoms with Gasteiger partial charge in [-0.15, -0.1) is 0 Å². The molecule has 2 N–H and O–H groups in total. The fraction of sp³-hybridized carbons (Fsp3) is 0. The summed E-state index contributed by atoms with van der Waals surface area (Å²) in [6.07, 6.45) is 1.14. The Labute approximate surface area is 106 Å². The number of pyridine rings is 1. The van der Waals surface area contributed by atoms with Crippen LogP contribution in [0.5, 0.6) is 5.75 Å². The maximum absolute atomic E-state index is 10.9. The number of aromatic nitrogens is 1. The first kappa shape index (κ1) is 11.6. The van der Waals surface area contributed by atoms with Gasteiger partial charge in [0.2, 0.25) is 0 Å². The first-order chi connectivity index (χ1) is 8.09. The lowest BCUT2D eigenvalue weighted by atomic mass is 10.1. The topological polar surface area (TPSA) is 70.4 Å². The third-order valence-electron chi connectivity index (χ3n) is 2.26. The summed E-state index contributed by atoms with van der Waals surface area (Å²) < 4.78 is 0.814. The zero-order valence-corrected chi connectivity index (χ0v) is 10.2. The summed E-state index contributed by atoms with van der Waals surface area (Å²) in [4.78, 5) is 14.9. The number of nitrogens with zero attached hydrogens (tertiary/aromatic N) is 1. The molecule has 0 unspecified atom stereocenters. The maximum atomic E-state index is 10.9. The number of benzene rings is 1. The van der Waals surface area contributed by atoms with Crippen LogP contribution in [0.3, 0.4) is 0 Å². The van der Waals surface area contributed by atoms with Gasteiger partial charge in [-0.3, -0.25) is 4.98 Å². The lowest BCUT2D eigenvalue weighted by Crippen LogP contribution is -1.98.